The van der Waals surface area contributed by atoms with Crippen molar-refractivity contribution >= 4 is 44.3 Å². The number of thiazole rings is 1. The molecule has 0 saturated carbocycles. The van der Waals surface area contributed by atoms with Crippen molar-refractivity contribution in [2.24, 2.45) is 0 Å². The Bertz CT molecular complexity index is 1020. The highest BCUT2D eigenvalue weighted by molar-refractivity contribution is 7.92. The molecule has 3 aromatic rings. The van der Waals surface area contributed by atoms with Crippen LogP contribution >= 0.6 is 22.9 Å². The van der Waals surface area contributed by atoms with Crippen LogP contribution in [0.3, 0.4) is 0 Å². The molecule has 1 aromatic heterocycles. The fourth-order valence-corrected chi connectivity index (χ4v) is 4.49. The molecule has 1 heterocycles. The van der Waals surface area contributed by atoms with E-state index in [1.807, 2.05) is 26.0 Å². The van der Waals surface area contributed by atoms with Gasteiger partial charge < -0.3 is 5.32 Å². The van der Waals surface area contributed by atoms with Crippen molar-refractivity contribution in [1.82, 2.24) is 4.98 Å². The molecule has 8 heteroatoms. The topological polar surface area (TPSA) is 71.1 Å². The van der Waals surface area contributed by atoms with E-state index in [1.165, 1.54) is 11.3 Å². The van der Waals surface area contributed by atoms with Gasteiger partial charge in [-0.3, -0.25) is 4.72 Å². The first kappa shape index (κ1) is 18.7. The van der Waals surface area contributed by atoms with E-state index in [4.69, 9.17) is 11.6 Å². The van der Waals surface area contributed by atoms with Gasteiger partial charge >= 0.3 is 0 Å². The van der Waals surface area contributed by atoms with Crippen molar-refractivity contribution in [2.75, 3.05) is 10.0 Å². The molecule has 0 fully saturated rings. The summed E-state index contributed by atoms with van der Waals surface area (Å²) in [5.74, 6) is 0. The van der Waals surface area contributed by atoms with Gasteiger partial charge in [-0.1, -0.05) is 29.3 Å². The molecule has 3 rings (SSSR count). The monoisotopic (exact) mass is 407 g/mol. The van der Waals surface area contributed by atoms with E-state index >= 15 is 0 Å². The van der Waals surface area contributed by atoms with Gasteiger partial charge in [0, 0.05) is 16.8 Å². The average molecular weight is 408 g/mol. The zero-order valence-electron chi connectivity index (χ0n) is 14.3. The zero-order chi connectivity index (χ0) is 18.7. The standard InChI is InChI=1S/C18H18ClN3O2S2/c1-12-3-8-17(13(2)9-12)22-26(23,24)16-6-4-14(5-7-16)20-10-15-11-21-18(19)25-15/h3-9,11,20,22H,10H2,1-2H3. The minimum atomic E-state index is -3.63. The van der Waals surface area contributed by atoms with Crippen LogP contribution in [0.1, 0.15) is 16.0 Å². The van der Waals surface area contributed by atoms with Crippen molar-refractivity contribution in [3.05, 3.63) is 69.1 Å². The molecule has 5 nitrogen and oxygen atoms in total. The summed E-state index contributed by atoms with van der Waals surface area (Å²) in [6.07, 6.45) is 1.71. The minimum Gasteiger partial charge on any atom is -0.380 e. The summed E-state index contributed by atoms with van der Waals surface area (Å²) in [5, 5.41) is 3.21. The Labute approximate surface area is 162 Å². The van der Waals surface area contributed by atoms with Gasteiger partial charge in [-0.2, -0.15) is 0 Å². The van der Waals surface area contributed by atoms with E-state index < -0.39 is 10.0 Å². The highest BCUT2D eigenvalue weighted by Gasteiger charge is 2.15. The van der Waals surface area contributed by atoms with Crippen molar-refractivity contribution in [1.29, 1.82) is 0 Å². The quantitative estimate of drug-likeness (QED) is 0.614. The fourth-order valence-electron chi connectivity index (χ4n) is 2.44. The lowest BCUT2D eigenvalue weighted by molar-refractivity contribution is 0.601. The molecule has 0 atom stereocenters. The maximum absolute atomic E-state index is 12.6. The van der Waals surface area contributed by atoms with Gasteiger partial charge in [0.15, 0.2) is 4.47 Å². The maximum Gasteiger partial charge on any atom is 0.261 e. The van der Waals surface area contributed by atoms with E-state index in [-0.39, 0.29) is 4.90 Å². The summed E-state index contributed by atoms with van der Waals surface area (Å²) in [6.45, 7) is 4.43. The van der Waals surface area contributed by atoms with Crippen molar-refractivity contribution in [3.8, 4) is 0 Å². The Hall–Kier alpha value is -2.09. The van der Waals surface area contributed by atoms with Gasteiger partial charge in [-0.25, -0.2) is 13.4 Å². The lowest BCUT2D eigenvalue weighted by Crippen LogP contribution is -2.13. The molecule has 0 aliphatic carbocycles. The molecular weight excluding hydrogens is 390 g/mol. The van der Waals surface area contributed by atoms with Crippen LogP contribution in [0.2, 0.25) is 4.47 Å². The molecule has 0 saturated heterocycles. The number of nitrogens with zero attached hydrogens (tertiary/aromatic N) is 1. The van der Waals surface area contributed by atoms with Gasteiger partial charge in [0.1, 0.15) is 0 Å². The third-order valence-corrected chi connectivity index (χ3v) is 6.28. The van der Waals surface area contributed by atoms with Crippen LogP contribution in [0.25, 0.3) is 0 Å². The lowest BCUT2D eigenvalue weighted by Gasteiger charge is -2.12. The van der Waals surface area contributed by atoms with E-state index in [0.29, 0.717) is 16.7 Å². The van der Waals surface area contributed by atoms with Crippen molar-refractivity contribution in [3.63, 3.8) is 0 Å². The summed E-state index contributed by atoms with van der Waals surface area (Å²) in [4.78, 5) is 5.20. The van der Waals surface area contributed by atoms with E-state index in [1.54, 1.807) is 36.5 Å². The molecule has 0 unspecified atom stereocenters. The third-order valence-electron chi connectivity index (χ3n) is 3.78. The number of hydrogen-bond donors (Lipinski definition) is 2. The number of aryl methyl sites for hydroxylation is 2. The van der Waals surface area contributed by atoms with E-state index in [0.717, 1.165) is 21.7 Å². The second-order valence-corrected chi connectivity index (χ2v) is 9.26. The van der Waals surface area contributed by atoms with E-state index in [2.05, 4.69) is 15.0 Å². The van der Waals surface area contributed by atoms with E-state index in [9.17, 15) is 8.42 Å². The molecule has 0 aliphatic heterocycles. The predicted octanol–water partition coefficient (Wildman–Crippen LogP) is 4.83. The maximum atomic E-state index is 12.6. The first-order chi connectivity index (χ1) is 12.3. The van der Waals surface area contributed by atoms with Crippen LogP contribution in [-0.2, 0) is 16.6 Å². The Kier molecular flexibility index (Phi) is 5.50. The van der Waals surface area contributed by atoms with Gasteiger partial charge in [-0.05, 0) is 49.7 Å². The van der Waals surface area contributed by atoms with Gasteiger partial charge in [0.25, 0.3) is 10.0 Å². The number of sulfonamides is 1. The number of nitrogens with one attached hydrogen (secondary N) is 2. The highest BCUT2D eigenvalue weighted by Crippen LogP contribution is 2.23. The zero-order valence-corrected chi connectivity index (χ0v) is 16.7. The largest absolute Gasteiger partial charge is 0.380 e. The first-order valence-corrected chi connectivity index (χ1v) is 10.6. The highest BCUT2D eigenvalue weighted by atomic mass is 35.5. The number of halogens is 1. The second-order valence-electron chi connectivity index (χ2n) is 5.88. The van der Waals surface area contributed by atoms with Crippen LogP contribution in [0.4, 0.5) is 11.4 Å². The Morgan fingerprint density at radius 3 is 2.46 bits per heavy atom. The van der Waals surface area contributed by atoms with Crippen molar-refractivity contribution in [2.45, 2.75) is 25.3 Å². The first-order valence-electron chi connectivity index (χ1n) is 7.88. The van der Waals surface area contributed by atoms with Crippen LogP contribution in [-0.4, -0.2) is 13.4 Å². The smallest absolute Gasteiger partial charge is 0.261 e. The number of rotatable bonds is 6. The van der Waals surface area contributed by atoms with Crippen molar-refractivity contribution < 1.29 is 8.42 Å². The molecule has 0 spiro atoms. The molecule has 0 bridgehead atoms. The summed E-state index contributed by atoms with van der Waals surface area (Å²) in [7, 11) is -3.63. The fraction of sp³-hybridized carbons (Fsp3) is 0.167. The molecule has 0 radical (unpaired) electrons. The van der Waals surface area contributed by atoms with Crippen LogP contribution < -0.4 is 10.0 Å². The molecule has 2 N–H and O–H groups in total. The lowest BCUT2D eigenvalue weighted by atomic mass is 10.1. The third kappa shape index (κ3) is 4.55. The molecular formula is C18H18ClN3O2S2. The SMILES string of the molecule is Cc1ccc(NS(=O)(=O)c2ccc(NCc3cnc(Cl)s3)cc2)c(C)c1. The molecule has 2 aromatic carbocycles. The minimum absolute atomic E-state index is 0.212. The Balaban J connectivity index is 1.70. The molecule has 0 aliphatic rings. The number of hydrogen-bond acceptors (Lipinski definition) is 5. The molecule has 136 valence electrons. The Morgan fingerprint density at radius 1 is 1.12 bits per heavy atom. The van der Waals surface area contributed by atoms with Gasteiger partial charge in [0.05, 0.1) is 17.1 Å². The number of aromatic nitrogens is 1. The van der Waals surface area contributed by atoms with Crippen LogP contribution in [0.15, 0.2) is 53.6 Å². The second kappa shape index (κ2) is 7.65. The van der Waals surface area contributed by atoms with Gasteiger partial charge in [0.2, 0.25) is 0 Å². The summed E-state index contributed by atoms with van der Waals surface area (Å²) >= 11 is 7.21. The normalized spacial score (nSPS) is 11.3. The average Bonchev–Trinajstić information content (AvgIpc) is 3.01. The molecule has 26 heavy (non-hydrogen) atoms. The predicted molar refractivity (Wildman–Crippen MR) is 108 cm³/mol. The van der Waals surface area contributed by atoms with Gasteiger partial charge in [-0.15, -0.1) is 11.3 Å². The Morgan fingerprint density at radius 2 is 1.85 bits per heavy atom. The summed E-state index contributed by atoms with van der Waals surface area (Å²) < 4.78 is 28.3. The number of benzene rings is 2. The van der Waals surface area contributed by atoms with Crippen LogP contribution in [0, 0.1) is 13.8 Å². The number of anilines is 2. The van der Waals surface area contributed by atoms with Crippen LogP contribution in [0.5, 0.6) is 0 Å². The summed E-state index contributed by atoms with van der Waals surface area (Å²) in [6, 6.07) is 12.2. The summed E-state index contributed by atoms with van der Waals surface area (Å²) in [5.41, 5.74) is 3.37. The molecule has 0 amide bonds.